The highest BCUT2D eigenvalue weighted by molar-refractivity contribution is 7.83. The lowest BCUT2D eigenvalue weighted by atomic mass is 9.76. The average molecular weight is 1090 g/mol. The van der Waals surface area contributed by atoms with Crippen LogP contribution in [-0.4, -0.2) is 139 Å². The zero-order valence-electron chi connectivity index (χ0n) is 47.2. The van der Waals surface area contributed by atoms with Crippen LogP contribution in [0, 0.1) is 30.1 Å². The zero-order chi connectivity index (χ0) is 58.2. The monoisotopic (exact) mass is 1090 g/mol. The minimum absolute atomic E-state index is 0.00672. The van der Waals surface area contributed by atoms with Gasteiger partial charge in [-0.15, -0.1) is 0 Å². The van der Waals surface area contributed by atoms with Gasteiger partial charge in [-0.25, -0.2) is 9.00 Å². The molecule has 77 heavy (non-hydrogen) atoms. The van der Waals surface area contributed by atoms with E-state index in [2.05, 4.69) is 36.6 Å². The smallest absolute Gasteiger partial charge is 0.312 e. The van der Waals surface area contributed by atoms with E-state index >= 15 is 0 Å². The van der Waals surface area contributed by atoms with Crippen LogP contribution in [0.2, 0.25) is 0 Å². The van der Waals surface area contributed by atoms with Crippen molar-refractivity contribution < 1.29 is 52.1 Å². The molecule has 4 atom stereocenters. The predicted molar refractivity (Wildman–Crippen MR) is 295 cm³/mol. The molecule has 1 heterocycles. The maximum absolute atomic E-state index is 13.9. The van der Waals surface area contributed by atoms with Gasteiger partial charge in [0.2, 0.25) is 29.5 Å². The second kappa shape index (κ2) is 28.0. The highest BCUT2D eigenvalue weighted by Gasteiger charge is 2.41. The van der Waals surface area contributed by atoms with Gasteiger partial charge < -0.3 is 47.3 Å². The SMILES string of the molecule is CNC(C(=O)NC(C(=O)N(C)C/C=C(\C)C(=O)NS(=O)c1ccc(NC(=O)C(CCCNC(N)=O)NC(=O)CNC(=O)CC(C)(C)COCC(C)(C)CN2C(=O)C=CC2=O)c(C)c1C)C(C)(C)C)C(C)(C)c1ccccc1. The van der Waals surface area contributed by atoms with Crippen molar-refractivity contribution in [2.75, 3.05) is 58.8 Å². The molecule has 2 aromatic carbocycles. The lowest BCUT2D eigenvalue weighted by molar-refractivity contribution is -0.139. The van der Waals surface area contributed by atoms with Crippen molar-refractivity contribution in [3.63, 3.8) is 0 Å². The molecule has 0 saturated carbocycles. The second-order valence-electron chi connectivity index (χ2n) is 22.7. The van der Waals surface area contributed by atoms with Crippen LogP contribution in [0.5, 0.6) is 0 Å². The number of rotatable bonds is 28. The minimum atomic E-state index is -2.05. The van der Waals surface area contributed by atoms with E-state index in [9.17, 15) is 47.4 Å². The van der Waals surface area contributed by atoms with E-state index in [1.807, 2.05) is 92.6 Å². The van der Waals surface area contributed by atoms with Crippen LogP contribution in [0.25, 0.3) is 0 Å². The molecule has 0 bridgehead atoms. The van der Waals surface area contributed by atoms with Gasteiger partial charge in [0, 0.05) is 67.3 Å². The quantitative estimate of drug-likeness (QED) is 0.0346. The van der Waals surface area contributed by atoms with Gasteiger partial charge in [-0.2, -0.15) is 0 Å². The van der Waals surface area contributed by atoms with Crippen LogP contribution in [0.1, 0.15) is 105 Å². The Labute approximate surface area is 456 Å². The Morgan fingerprint density at radius 2 is 1.40 bits per heavy atom. The molecule has 1 aliphatic rings. The third-order valence-corrected chi connectivity index (χ3v) is 14.4. The van der Waals surface area contributed by atoms with Crippen molar-refractivity contribution in [1.29, 1.82) is 0 Å². The molecule has 0 aliphatic carbocycles. The van der Waals surface area contributed by atoms with Gasteiger partial charge in [0.25, 0.3) is 17.7 Å². The van der Waals surface area contributed by atoms with E-state index < -0.39 is 87.0 Å². The van der Waals surface area contributed by atoms with Crippen molar-refractivity contribution in [2.24, 2.45) is 22.0 Å². The summed E-state index contributed by atoms with van der Waals surface area (Å²) < 4.78 is 22.0. The fourth-order valence-electron chi connectivity index (χ4n) is 8.40. The molecule has 21 nitrogen and oxygen atoms in total. The maximum atomic E-state index is 13.9. The number of amides is 10. The molecular weight excluding hydrogens is 1010 g/mol. The summed E-state index contributed by atoms with van der Waals surface area (Å²) in [5, 5.41) is 16.6. The van der Waals surface area contributed by atoms with E-state index in [-0.39, 0.29) is 86.2 Å². The van der Waals surface area contributed by atoms with Gasteiger partial charge in [0.15, 0.2) is 11.0 Å². The number of imide groups is 1. The molecule has 3 rings (SSSR count). The number of nitrogens with zero attached hydrogens (tertiary/aromatic N) is 2. The number of benzene rings is 2. The van der Waals surface area contributed by atoms with Gasteiger partial charge in [-0.1, -0.05) is 98.7 Å². The van der Waals surface area contributed by atoms with E-state index in [0.717, 1.165) is 10.5 Å². The summed E-state index contributed by atoms with van der Waals surface area (Å²) in [5.41, 5.74) is 5.17. The first-order valence-electron chi connectivity index (χ1n) is 25.5. The second-order valence-corrected chi connectivity index (χ2v) is 23.9. The molecule has 0 spiro atoms. The summed E-state index contributed by atoms with van der Waals surface area (Å²) in [7, 11) is 1.21. The van der Waals surface area contributed by atoms with Crippen molar-refractivity contribution in [3.8, 4) is 0 Å². The minimum Gasteiger partial charge on any atom is -0.380 e. The first kappa shape index (κ1) is 64.5. The number of carbonyl (C=O) groups excluding carboxylic acids is 9. The number of urea groups is 1. The zero-order valence-corrected chi connectivity index (χ0v) is 48.1. The number of hydrogen-bond donors (Lipinski definition) is 8. The number of nitrogens with one attached hydrogen (secondary N) is 7. The van der Waals surface area contributed by atoms with Gasteiger partial charge in [-0.05, 0) is 80.3 Å². The van der Waals surface area contributed by atoms with Gasteiger partial charge in [-0.3, -0.25) is 48.0 Å². The Morgan fingerprint density at radius 3 is 1.99 bits per heavy atom. The van der Waals surface area contributed by atoms with E-state index in [1.165, 1.54) is 42.2 Å². The van der Waals surface area contributed by atoms with Crippen LogP contribution in [0.3, 0.4) is 0 Å². The predicted octanol–water partition coefficient (Wildman–Crippen LogP) is 3.32. The van der Waals surface area contributed by atoms with Gasteiger partial charge >= 0.3 is 6.03 Å². The molecular formula is C55H82N10O11S. The standard InChI is InChI=1S/C55H82N10O11S/c1-34(26-28-64(14)50(73)46(52(4,5)6)62-49(72)45(57-13)55(11,12)37-19-16-15-17-20-37)47(70)63-77(75)40-23-22-38(35(2)36(40)3)61-48(71)39(21-18-27-58-51(56)74)60-42(67)30-59-41(66)29-53(7,8)32-76-33-54(9,10)31-65-43(68)24-25-44(65)69/h15-17,19-20,22-26,39,45-46,57H,18,21,27-33H2,1-14H3,(H,59,66)(H,60,67)(H,61,71)(H,62,72)(H,63,70)(H3,56,58,74)/b34-26+. The Hall–Kier alpha value is -6.78. The Bertz CT molecular complexity index is 2570. The Balaban J connectivity index is 1.61. The number of anilines is 1. The van der Waals surface area contributed by atoms with Crippen LogP contribution in [0.15, 0.2) is 71.2 Å². The van der Waals surface area contributed by atoms with Crippen molar-refractivity contribution >= 4 is 70.0 Å². The normalized spacial score (nSPS) is 14.7. The molecule has 10 amide bonds. The van der Waals surface area contributed by atoms with Crippen LogP contribution >= 0.6 is 0 Å². The molecule has 22 heteroatoms. The summed E-state index contributed by atoms with van der Waals surface area (Å²) in [6.07, 6.45) is 4.28. The average Bonchev–Trinajstić information content (AvgIpc) is 3.64. The molecule has 424 valence electrons. The number of carbonyl (C=O) groups is 9. The number of nitrogens with two attached hydrogens (primary N) is 1. The first-order chi connectivity index (χ1) is 35.7. The Kier molecular flexibility index (Phi) is 23.5. The van der Waals surface area contributed by atoms with E-state index in [1.54, 1.807) is 27.9 Å². The van der Waals surface area contributed by atoms with Crippen LogP contribution < -0.4 is 42.4 Å². The van der Waals surface area contributed by atoms with Gasteiger partial charge in [0.1, 0.15) is 12.1 Å². The summed E-state index contributed by atoms with van der Waals surface area (Å²) in [6, 6.07) is 9.16. The fourth-order valence-corrected chi connectivity index (χ4v) is 9.46. The third kappa shape index (κ3) is 19.6. The summed E-state index contributed by atoms with van der Waals surface area (Å²) in [6.45, 7) is 21.9. The number of likely N-dealkylation sites (N-methyl/N-ethyl adjacent to an activating group) is 2. The van der Waals surface area contributed by atoms with E-state index in [0.29, 0.717) is 16.8 Å². The Morgan fingerprint density at radius 1 is 0.792 bits per heavy atom. The largest absolute Gasteiger partial charge is 0.380 e. The van der Waals surface area contributed by atoms with Gasteiger partial charge in [0.05, 0.1) is 30.7 Å². The molecule has 2 aromatic rings. The van der Waals surface area contributed by atoms with Crippen LogP contribution in [0.4, 0.5) is 10.5 Å². The fraction of sp³-hybridized carbons (Fsp3) is 0.545. The van der Waals surface area contributed by atoms with Crippen molar-refractivity contribution in [2.45, 2.75) is 131 Å². The third-order valence-electron chi connectivity index (χ3n) is 13.2. The molecule has 0 aromatic heterocycles. The maximum Gasteiger partial charge on any atom is 0.312 e. The number of hydrogen-bond acceptors (Lipinski definition) is 12. The van der Waals surface area contributed by atoms with Crippen molar-refractivity contribution in [1.82, 2.24) is 41.1 Å². The summed E-state index contributed by atoms with van der Waals surface area (Å²) in [4.78, 5) is 119. The lowest BCUT2D eigenvalue weighted by Gasteiger charge is -2.38. The lowest BCUT2D eigenvalue weighted by Crippen LogP contribution is -2.60. The van der Waals surface area contributed by atoms with Crippen LogP contribution in [-0.2, 0) is 59.5 Å². The molecule has 4 unspecified atom stereocenters. The molecule has 1 aliphatic heterocycles. The summed E-state index contributed by atoms with van der Waals surface area (Å²) in [5.74, 6) is -3.85. The number of primary amides is 1. The highest BCUT2D eigenvalue weighted by Crippen LogP contribution is 2.30. The molecule has 9 N–H and O–H groups in total. The molecule has 0 saturated heterocycles. The number of ether oxygens (including phenoxy) is 1. The first-order valence-corrected chi connectivity index (χ1v) is 26.7. The van der Waals surface area contributed by atoms with Crippen molar-refractivity contribution in [3.05, 3.63) is 83.0 Å². The highest BCUT2D eigenvalue weighted by atomic mass is 32.2. The topological polar surface area (TPSA) is 297 Å². The van der Waals surface area contributed by atoms with E-state index in [4.69, 9.17) is 10.5 Å². The summed E-state index contributed by atoms with van der Waals surface area (Å²) >= 11 is 0. The molecule has 0 radical (unpaired) electrons. The molecule has 0 fully saturated rings.